The van der Waals surface area contributed by atoms with Gasteiger partial charge in [0.2, 0.25) is 0 Å². The van der Waals surface area contributed by atoms with Gasteiger partial charge in [-0.05, 0) is 31.6 Å². The van der Waals surface area contributed by atoms with E-state index in [1.54, 1.807) is 0 Å². The Morgan fingerprint density at radius 2 is 1.76 bits per heavy atom. The van der Waals surface area contributed by atoms with E-state index in [0.717, 1.165) is 26.1 Å². The summed E-state index contributed by atoms with van der Waals surface area (Å²) in [5.41, 5.74) is 0.454. The minimum Gasteiger partial charge on any atom is -0.371 e. The quantitative estimate of drug-likeness (QED) is 0.649. The highest BCUT2D eigenvalue weighted by molar-refractivity contribution is 5.14. The zero-order chi connectivity index (χ0) is 11.7. The summed E-state index contributed by atoms with van der Waals surface area (Å²) < 4.78 is 18.1. The zero-order valence-corrected chi connectivity index (χ0v) is 10.8. The van der Waals surface area contributed by atoms with Gasteiger partial charge in [0, 0.05) is 18.8 Å². The second-order valence-electron chi connectivity index (χ2n) is 6.83. The first-order valence-electron chi connectivity index (χ1n) is 7.02. The van der Waals surface area contributed by atoms with Gasteiger partial charge >= 0.3 is 0 Å². The largest absolute Gasteiger partial charge is 0.371 e. The molecule has 1 aliphatic carbocycles. The number of ether oxygens (including phenoxy) is 3. The molecule has 3 aliphatic heterocycles. The van der Waals surface area contributed by atoms with Gasteiger partial charge < -0.3 is 14.2 Å². The fraction of sp³-hybridized carbons (Fsp3) is 1.00. The second-order valence-corrected chi connectivity index (χ2v) is 6.83. The molecule has 4 fully saturated rings. The van der Waals surface area contributed by atoms with Gasteiger partial charge in [-0.15, -0.1) is 0 Å². The van der Waals surface area contributed by atoms with Crippen molar-refractivity contribution in [2.45, 2.75) is 63.4 Å². The predicted molar refractivity (Wildman–Crippen MR) is 62.6 cm³/mol. The van der Waals surface area contributed by atoms with Crippen LogP contribution in [0.15, 0.2) is 0 Å². The van der Waals surface area contributed by atoms with Crippen LogP contribution in [0.4, 0.5) is 0 Å². The van der Waals surface area contributed by atoms with E-state index in [1.165, 1.54) is 19.3 Å². The highest BCUT2D eigenvalue weighted by Gasteiger charge is 2.66. The third kappa shape index (κ3) is 1.23. The molecular weight excluding hydrogens is 216 g/mol. The molecule has 3 heteroatoms. The molecule has 17 heavy (non-hydrogen) atoms. The highest BCUT2D eigenvalue weighted by Crippen LogP contribution is 2.65. The van der Waals surface area contributed by atoms with Gasteiger partial charge in [-0.2, -0.15) is 0 Å². The van der Waals surface area contributed by atoms with Gasteiger partial charge in [0.1, 0.15) is 0 Å². The molecule has 0 aromatic heterocycles. The van der Waals surface area contributed by atoms with Gasteiger partial charge in [0.25, 0.3) is 0 Å². The van der Waals surface area contributed by atoms with Gasteiger partial charge in [0.05, 0.1) is 24.9 Å². The van der Waals surface area contributed by atoms with E-state index < -0.39 is 0 Å². The number of rotatable bonds is 0. The van der Waals surface area contributed by atoms with Crippen molar-refractivity contribution in [2.75, 3.05) is 13.2 Å². The maximum absolute atomic E-state index is 6.30. The molecule has 0 aromatic carbocycles. The fourth-order valence-electron chi connectivity index (χ4n) is 4.92. The van der Waals surface area contributed by atoms with Crippen LogP contribution in [0.25, 0.3) is 0 Å². The summed E-state index contributed by atoms with van der Waals surface area (Å²) in [6, 6.07) is 0. The average Bonchev–Trinajstić information content (AvgIpc) is 2.95. The van der Waals surface area contributed by atoms with Gasteiger partial charge in [-0.3, -0.25) is 0 Å². The van der Waals surface area contributed by atoms with Crippen molar-refractivity contribution in [3.63, 3.8) is 0 Å². The molecule has 0 radical (unpaired) electrons. The Morgan fingerprint density at radius 3 is 2.53 bits per heavy atom. The third-order valence-corrected chi connectivity index (χ3v) is 5.96. The first-order valence-corrected chi connectivity index (χ1v) is 7.02. The van der Waals surface area contributed by atoms with E-state index in [4.69, 9.17) is 14.2 Å². The summed E-state index contributed by atoms with van der Waals surface area (Å²) in [4.78, 5) is 0. The standard InChI is InChI=1S/C14H22O3/c1-12-5-6-14(15-7-8-16-14)9-10(12)13(2)4-3-11(12)17-13/h10-11H,3-9H2,1-2H3/t10?,11-,12+,13+/m0/s1. The van der Waals surface area contributed by atoms with Gasteiger partial charge in [-0.1, -0.05) is 6.92 Å². The summed E-state index contributed by atoms with van der Waals surface area (Å²) in [5, 5.41) is 0. The maximum Gasteiger partial charge on any atom is 0.168 e. The van der Waals surface area contributed by atoms with E-state index in [2.05, 4.69) is 13.8 Å². The minimum absolute atomic E-state index is 0.0855. The molecule has 1 spiro atoms. The Balaban J connectivity index is 1.68. The van der Waals surface area contributed by atoms with E-state index in [0.29, 0.717) is 17.4 Å². The molecular formula is C14H22O3. The van der Waals surface area contributed by atoms with Crippen LogP contribution in [0.5, 0.6) is 0 Å². The molecule has 1 saturated carbocycles. The molecule has 96 valence electrons. The van der Waals surface area contributed by atoms with Crippen LogP contribution in [0, 0.1) is 11.3 Å². The lowest BCUT2D eigenvalue weighted by Crippen LogP contribution is -2.52. The van der Waals surface area contributed by atoms with E-state index in [9.17, 15) is 0 Å². The second kappa shape index (κ2) is 3.06. The monoisotopic (exact) mass is 238 g/mol. The topological polar surface area (TPSA) is 27.7 Å². The van der Waals surface area contributed by atoms with Crippen molar-refractivity contribution in [3.05, 3.63) is 0 Å². The van der Waals surface area contributed by atoms with Crippen LogP contribution in [-0.2, 0) is 14.2 Å². The summed E-state index contributed by atoms with van der Waals surface area (Å²) in [5.74, 6) is 0.349. The van der Waals surface area contributed by atoms with Crippen molar-refractivity contribution in [2.24, 2.45) is 11.3 Å². The first-order chi connectivity index (χ1) is 8.07. The third-order valence-electron chi connectivity index (χ3n) is 5.96. The Kier molecular flexibility index (Phi) is 1.94. The molecule has 3 heterocycles. The number of hydrogen-bond acceptors (Lipinski definition) is 3. The molecule has 2 bridgehead atoms. The number of fused-ring (bicyclic) bond motifs is 5. The summed E-state index contributed by atoms with van der Waals surface area (Å²) >= 11 is 0. The molecule has 0 aromatic rings. The Morgan fingerprint density at radius 1 is 1.00 bits per heavy atom. The fourth-order valence-corrected chi connectivity index (χ4v) is 4.92. The van der Waals surface area contributed by atoms with Crippen LogP contribution in [0.2, 0.25) is 0 Å². The molecule has 3 saturated heterocycles. The van der Waals surface area contributed by atoms with Gasteiger partial charge in [-0.25, -0.2) is 0 Å². The SMILES string of the molecule is C[C@]12CC[C@H](O1)[C@]1(C)CCC3(CC21)OCCO3. The zero-order valence-electron chi connectivity index (χ0n) is 10.8. The average molecular weight is 238 g/mol. The molecule has 1 unspecified atom stereocenters. The lowest BCUT2D eigenvalue weighted by Gasteiger charge is -2.50. The van der Waals surface area contributed by atoms with Crippen molar-refractivity contribution in [1.82, 2.24) is 0 Å². The summed E-state index contributed by atoms with van der Waals surface area (Å²) in [7, 11) is 0. The van der Waals surface area contributed by atoms with Crippen LogP contribution < -0.4 is 0 Å². The van der Waals surface area contributed by atoms with Crippen molar-refractivity contribution < 1.29 is 14.2 Å². The molecule has 4 atom stereocenters. The smallest absolute Gasteiger partial charge is 0.168 e. The van der Waals surface area contributed by atoms with E-state index in [-0.39, 0.29) is 11.4 Å². The van der Waals surface area contributed by atoms with Crippen LogP contribution >= 0.6 is 0 Å². The predicted octanol–water partition coefficient (Wildman–Crippen LogP) is 2.49. The van der Waals surface area contributed by atoms with Gasteiger partial charge in [0.15, 0.2) is 5.79 Å². The van der Waals surface area contributed by atoms with E-state index >= 15 is 0 Å². The minimum atomic E-state index is -0.263. The van der Waals surface area contributed by atoms with Crippen LogP contribution in [-0.4, -0.2) is 30.7 Å². The van der Waals surface area contributed by atoms with Crippen molar-refractivity contribution in [1.29, 1.82) is 0 Å². The lowest BCUT2D eigenvalue weighted by molar-refractivity contribution is -0.211. The maximum atomic E-state index is 6.30. The highest BCUT2D eigenvalue weighted by atomic mass is 16.7. The molecule has 3 nitrogen and oxygen atoms in total. The molecule has 0 amide bonds. The van der Waals surface area contributed by atoms with Crippen LogP contribution in [0.3, 0.4) is 0 Å². The first kappa shape index (κ1) is 10.8. The van der Waals surface area contributed by atoms with E-state index in [1.807, 2.05) is 0 Å². The van der Waals surface area contributed by atoms with Crippen LogP contribution in [0.1, 0.15) is 46.0 Å². The Bertz CT molecular complexity index is 349. The van der Waals surface area contributed by atoms with Crippen molar-refractivity contribution >= 4 is 0 Å². The molecule has 0 N–H and O–H groups in total. The summed E-state index contributed by atoms with van der Waals surface area (Å²) in [6.45, 7) is 6.26. The Hall–Kier alpha value is -0.120. The molecule has 4 rings (SSSR count). The lowest BCUT2D eigenvalue weighted by atomic mass is 9.56. The van der Waals surface area contributed by atoms with Crippen molar-refractivity contribution in [3.8, 4) is 0 Å². The Labute approximate surface area is 103 Å². The number of hydrogen-bond donors (Lipinski definition) is 0. The normalized spacial score (nSPS) is 55.4. The molecule has 4 aliphatic rings. The summed E-state index contributed by atoms with van der Waals surface area (Å²) in [6.07, 6.45) is 6.23.